The quantitative estimate of drug-likeness (QED) is 0.846. The van der Waals surface area contributed by atoms with Crippen molar-refractivity contribution in [3.05, 3.63) is 0 Å². The number of nitrogens with zero attached hydrogens (tertiary/aromatic N) is 2. The normalized spacial score (nSPS) is 30.3. The average molecular weight is 295 g/mol. The first kappa shape index (κ1) is 16.6. The molecule has 2 fully saturated rings. The van der Waals surface area contributed by atoms with Gasteiger partial charge in [-0.25, -0.2) is 4.79 Å². The van der Waals surface area contributed by atoms with Crippen LogP contribution in [0.1, 0.15) is 45.4 Å². The zero-order valence-corrected chi connectivity index (χ0v) is 14.1. The van der Waals surface area contributed by atoms with Crippen LogP contribution < -0.4 is 5.32 Å². The summed E-state index contributed by atoms with van der Waals surface area (Å²) in [5.41, 5.74) is 0. The highest BCUT2D eigenvalue weighted by Gasteiger charge is 2.24. The van der Waals surface area contributed by atoms with Crippen LogP contribution in [-0.2, 0) is 0 Å². The zero-order chi connectivity index (χ0) is 15.2. The predicted octanol–water partition coefficient (Wildman–Crippen LogP) is 2.80. The van der Waals surface area contributed by atoms with Gasteiger partial charge >= 0.3 is 6.03 Å². The number of amides is 2. The van der Waals surface area contributed by atoms with Crippen LogP contribution in [0.3, 0.4) is 0 Å². The summed E-state index contributed by atoms with van der Waals surface area (Å²) in [5.74, 6) is 2.27. The Morgan fingerprint density at radius 3 is 2.38 bits per heavy atom. The third-order valence-electron chi connectivity index (χ3n) is 5.45. The summed E-state index contributed by atoms with van der Waals surface area (Å²) in [7, 11) is 4.09. The molecule has 0 bridgehead atoms. The highest BCUT2D eigenvalue weighted by atomic mass is 16.2. The lowest BCUT2D eigenvalue weighted by atomic mass is 9.81. The van der Waals surface area contributed by atoms with E-state index in [1.54, 1.807) is 0 Å². The third-order valence-corrected chi connectivity index (χ3v) is 5.45. The molecule has 1 aliphatic heterocycles. The highest BCUT2D eigenvalue weighted by Crippen LogP contribution is 2.30. The molecule has 1 saturated carbocycles. The largest absolute Gasteiger partial charge is 0.338 e. The number of hydrogen-bond donors (Lipinski definition) is 1. The second kappa shape index (κ2) is 8.02. The van der Waals surface area contributed by atoms with Gasteiger partial charge in [0.2, 0.25) is 0 Å². The summed E-state index contributed by atoms with van der Waals surface area (Å²) < 4.78 is 0. The predicted molar refractivity (Wildman–Crippen MR) is 87.4 cm³/mol. The summed E-state index contributed by atoms with van der Waals surface area (Å²) >= 11 is 0. The molecule has 122 valence electrons. The van der Waals surface area contributed by atoms with Crippen LogP contribution in [0.5, 0.6) is 0 Å². The second-order valence-corrected chi connectivity index (χ2v) is 7.28. The Hall–Kier alpha value is -0.770. The first-order valence-electron chi connectivity index (χ1n) is 8.76. The highest BCUT2D eigenvalue weighted by molar-refractivity contribution is 5.73. The van der Waals surface area contributed by atoms with Gasteiger partial charge < -0.3 is 15.1 Å². The number of carbonyl (C=O) groups is 1. The molecule has 1 saturated heterocycles. The van der Waals surface area contributed by atoms with Gasteiger partial charge in [-0.15, -0.1) is 0 Å². The van der Waals surface area contributed by atoms with Crippen molar-refractivity contribution in [2.75, 3.05) is 40.3 Å². The number of rotatable bonds is 5. The Balaban J connectivity index is 1.62. The van der Waals surface area contributed by atoms with Gasteiger partial charge in [-0.1, -0.05) is 26.2 Å². The summed E-state index contributed by atoms with van der Waals surface area (Å²) in [6.07, 6.45) is 7.81. The van der Waals surface area contributed by atoms with Crippen molar-refractivity contribution in [2.24, 2.45) is 17.8 Å². The summed E-state index contributed by atoms with van der Waals surface area (Å²) in [5, 5.41) is 3.14. The van der Waals surface area contributed by atoms with Crippen molar-refractivity contribution in [1.82, 2.24) is 15.1 Å². The maximum Gasteiger partial charge on any atom is 0.317 e. The van der Waals surface area contributed by atoms with Gasteiger partial charge in [0.05, 0.1) is 0 Å². The fraction of sp³-hybridized carbons (Fsp3) is 0.941. The van der Waals surface area contributed by atoms with Gasteiger partial charge in [0, 0.05) is 26.7 Å². The Kier molecular flexibility index (Phi) is 6.34. The minimum atomic E-state index is 0.113. The first-order valence-corrected chi connectivity index (χ1v) is 8.76. The average Bonchev–Trinajstić information content (AvgIpc) is 2.90. The van der Waals surface area contributed by atoms with Crippen LogP contribution in [0, 0.1) is 17.8 Å². The van der Waals surface area contributed by atoms with Crippen LogP contribution in [0.4, 0.5) is 4.79 Å². The van der Waals surface area contributed by atoms with E-state index in [0.717, 1.165) is 25.6 Å². The Labute approximate surface area is 130 Å². The molecule has 0 aromatic rings. The molecule has 4 nitrogen and oxygen atoms in total. The van der Waals surface area contributed by atoms with Crippen molar-refractivity contribution in [3.8, 4) is 0 Å². The molecule has 1 heterocycles. The minimum absolute atomic E-state index is 0.113. The molecule has 0 radical (unpaired) electrons. The van der Waals surface area contributed by atoms with Gasteiger partial charge in [0.1, 0.15) is 0 Å². The maximum absolute atomic E-state index is 12.2. The first-order chi connectivity index (χ1) is 10.1. The molecule has 1 unspecified atom stereocenters. The molecule has 1 atom stereocenters. The van der Waals surface area contributed by atoms with Crippen LogP contribution in [-0.4, -0.2) is 56.1 Å². The van der Waals surface area contributed by atoms with Crippen LogP contribution in [0.25, 0.3) is 0 Å². The Bertz CT molecular complexity index is 326. The lowest BCUT2D eigenvalue weighted by Crippen LogP contribution is -2.42. The van der Waals surface area contributed by atoms with Crippen molar-refractivity contribution in [3.63, 3.8) is 0 Å². The van der Waals surface area contributed by atoms with Gasteiger partial charge in [-0.2, -0.15) is 0 Å². The second-order valence-electron chi connectivity index (χ2n) is 7.28. The van der Waals surface area contributed by atoms with E-state index in [1.165, 1.54) is 45.1 Å². The number of urea groups is 1. The minimum Gasteiger partial charge on any atom is -0.338 e. The Morgan fingerprint density at radius 2 is 1.81 bits per heavy atom. The van der Waals surface area contributed by atoms with Crippen molar-refractivity contribution in [2.45, 2.75) is 45.4 Å². The fourth-order valence-electron chi connectivity index (χ4n) is 3.86. The summed E-state index contributed by atoms with van der Waals surface area (Å²) in [4.78, 5) is 16.4. The number of carbonyl (C=O) groups excluding carboxylic acids is 1. The number of likely N-dealkylation sites (tertiary alicyclic amines) is 1. The summed E-state index contributed by atoms with van der Waals surface area (Å²) in [6.45, 7) is 6.34. The lowest BCUT2D eigenvalue weighted by molar-refractivity contribution is 0.194. The number of hydrogen-bond acceptors (Lipinski definition) is 2. The standard InChI is InChI=1S/C17H33N3O/c1-4-14-5-7-15(8-6-14)11-18-17(21)20(3)13-16-9-10-19(2)12-16/h14-16H,4-13H2,1-3H3,(H,18,21). The van der Waals surface area contributed by atoms with E-state index in [-0.39, 0.29) is 6.03 Å². The molecule has 2 aliphatic rings. The summed E-state index contributed by atoms with van der Waals surface area (Å²) in [6, 6.07) is 0.113. The zero-order valence-electron chi connectivity index (χ0n) is 14.1. The van der Waals surface area contributed by atoms with Crippen LogP contribution in [0.15, 0.2) is 0 Å². The van der Waals surface area contributed by atoms with Crippen molar-refractivity contribution < 1.29 is 4.79 Å². The van der Waals surface area contributed by atoms with E-state index in [2.05, 4.69) is 24.2 Å². The molecule has 1 N–H and O–H groups in total. The van der Waals surface area contributed by atoms with Gasteiger partial charge in [-0.3, -0.25) is 0 Å². The number of nitrogens with one attached hydrogen (secondary N) is 1. The van der Waals surface area contributed by atoms with E-state index < -0.39 is 0 Å². The fourth-order valence-corrected chi connectivity index (χ4v) is 3.86. The SMILES string of the molecule is CCC1CCC(CNC(=O)N(C)CC2CCN(C)C2)CC1. The molecule has 0 aromatic carbocycles. The molecular weight excluding hydrogens is 262 g/mol. The topological polar surface area (TPSA) is 35.6 Å². The van der Waals surface area contributed by atoms with Crippen molar-refractivity contribution in [1.29, 1.82) is 0 Å². The molecule has 1 aliphatic carbocycles. The van der Waals surface area contributed by atoms with E-state index in [4.69, 9.17) is 0 Å². The van der Waals surface area contributed by atoms with Gasteiger partial charge in [0.15, 0.2) is 0 Å². The molecule has 0 spiro atoms. The smallest absolute Gasteiger partial charge is 0.317 e. The van der Waals surface area contributed by atoms with E-state index in [1.807, 2.05) is 11.9 Å². The molecular formula is C17H33N3O. The molecule has 0 aromatic heterocycles. The van der Waals surface area contributed by atoms with E-state index in [9.17, 15) is 4.79 Å². The van der Waals surface area contributed by atoms with Crippen LogP contribution >= 0.6 is 0 Å². The van der Waals surface area contributed by atoms with Crippen molar-refractivity contribution >= 4 is 6.03 Å². The van der Waals surface area contributed by atoms with Gasteiger partial charge in [0.25, 0.3) is 0 Å². The molecule has 2 rings (SSSR count). The van der Waals surface area contributed by atoms with E-state index >= 15 is 0 Å². The maximum atomic E-state index is 12.2. The van der Waals surface area contributed by atoms with E-state index in [0.29, 0.717) is 11.8 Å². The molecule has 4 heteroatoms. The van der Waals surface area contributed by atoms with Crippen LogP contribution in [0.2, 0.25) is 0 Å². The van der Waals surface area contributed by atoms with Gasteiger partial charge in [-0.05, 0) is 50.6 Å². The molecule has 21 heavy (non-hydrogen) atoms. The third kappa shape index (κ3) is 5.17. The molecule has 2 amide bonds. The monoisotopic (exact) mass is 295 g/mol. The lowest BCUT2D eigenvalue weighted by Gasteiger charge is -2.29. The Morgan fingerprint density at radius 1 is 1.14 bits per heavy atom.